The Morgan fingerprint density at radius 1 is 1.50 bits per heavy atom. The van der Waals surface area contributed by atoms with E-state index in [0.29, 0.717) is 0 Å². The molecule has 0 unspecified atom stereocenters. The SMILES string of the molecule is COC.c1cscn1. The predicted molar refractivity (Wildman–Crippen MR) is 35.0 cm³/mol. The van der Waals surface area contributed by atoms with Gasteiger partial charge in [-0.25, -0.2) is 0 Å². The Morgan fingerprint density at radius 3 is 2.25 bits per heavy atom. The first-order chi connectivity index (χ1) is 3.91. The van der Waals surface area contributed by atoms with Crippen molar-refractivity contribution in [3.8, 4) is 0 Å². The van der Waals surface area contributed by atoms with Gasteiger partial charge in [0.25, 0.3) is 0 Å². The van der Waals surface area contributed by atoms with Crippen LogP contribution in [0.5, 0.6) is 0 Å². The zero-order chi connectivity index (χ0) is 6.24. The Balaban J connectivity index is 0.000000145. The van der Waals surface area contributed by atoms with Crippen LogP contribution in [0.2, 0.25) is 0 Å². The lowest BCUT2D eigenvalue weighted by atomic mass is 11.0. The minimum Gasteiger partial charge on any atom is -0.388 e. The number of thiazole rings is 1. The maximum Gasteiger partial charge on any atom is 0.0791 e. The molecule has 1 rings (SSSR count). The van der Waals surface area contributed by atoms with E-state index in [1.165, 1.54) is 0 Å². The van der Waals surface area contributed by atoms with Crippen LogP contribution >= 0.6 is 11.3 Å². The molecule has 3 heteroatoms. The van der Waals surface area contributed by atoms with Gasteiger partial charge in [0.2, 0.25) is 0 Å². The van der Waals surface area contributed by atoms with Gasteiger partial charge in [-0.1, -0.05) is 0 Å². The van der Waals surface area contributed by atoms with Crippen LogP contribution in [-0.2, 0) is 4.74 Å². The second kappa shape index (κ2) is 6.59. The lowest BCUT2D eigenvalue weighted by Crippen LogP contribution is -1.55. The van der Waals surface area contributed by atoms with Crippen LogP contribution in [0.25, 0.3) is 0 Å². The lowest BCUT2D eigenvalue weighted by molar-refractivity contribution is 0.277. The molecule has 0 aliphatic carbocycles. The number of methoxy groups -OCH3 is 1. The molecule has 0 atom stereocenters. The van der Waals surface area contributed by atoms with Gasteiger partial charge < -0.3 is 4.74 Å². The molecule has 0 bridgehead atoms. The predicted octanol–water partition coefficient (Wildman–Crippen LogP) is 1.41. The molecule has 1 aromatic rings. The summed E-state index contributed by atoms with van der Waals surface area (Å²) in [6.45, 7) is 0. The van der Waals surface area contributed by atoms with Gasteiger partial charge in [0.1, 0.15) is 0 Å². The highest BCUT2D eigenvalue weighted by molar-refractivity contribution is 7.07. The smallest absolute Gasteiger partial charge is 0.0791 e. The van der Waals surface area contributed by atoms with Crippen LogP contribution in [0.4, 0.5) is 0 Å². The van der Waals surface area contributed by atoms with E-state index in [0.717, 1.165) is 0 Å². The van der Waals surface area contributed by atoms with Crippen LogP contribution < -0.4 is 0 Å². The fourth-order valence-corrected chi connectivity index (χ4v) is 0.527. The van der Waals surface area contributed by atoms with Crippen molar-refractivity contribution in [2.75, 3.05) is 14.2 Å². The molecule has 0 amide bonds. The van der Waals surface area contributed by atoms with E-state index in [1.54, 1.807) is 37.3 Å². The Kier molecular flexibility index (Phi) is 6.25. The summed E-state index contributed by atoms with van der Waals surface area (Å²) in [5.41, 5.74) is 1.79. The van der Waals surface area contributed by atoms with Gasteiger partial charge in [-0.05, 0) is 0 Å². The number of aromatic nitrogens is 1. The van der Waals surface area contributed by atoms with Gasteiger partial charge in [0, 0.05) is 25.8 Å². The quantitative estimate of drug-likeness (QED) is 0.531. The third-order valence-corrected chi connectivity index (χ3v) is 0.869. The summed E-state index contributed by atoms with van der Waals surface area (Å²) >= 11 is 1.60. The highest BCUT2D eigenvalue weighted by Crippen LogP contribution is 1.85. The van der Waals surface area contributed by atoms with Crippen LogP contribution in [0.15, 0.2) is 17.1 Å². The molecular formula is C5H9NOS. The molecule has 0 N–H and O–H groups in total. The fraction of sp³-hybridized carbons (Fsp3) is 0.400. The van der Waals surface area contributed by atoms with E-state index in [9.17, 15) is 0 Å². The van der Waals surface area contributed by atoms with Gasteiger partial charge in [0.05, 0.1) is 5.51 Å². The summed E-state index contributed by atoms with van der Waals surface area (Å²) in [5.74, 6) is 0. The van der Waals surface area contributed by atoms with Crippen LogP contribution in [-0.4, -0.2) is 19.2 Å². The standard InChI is InChI=1S/C3H3NS.C2H6O/c1-2-5-3-4-1;1-3-2/h1-3H;1-2H3. The Bertz CT molecular complexity index is 79.3. The maximum absolute atomic E-state index is 4.25. The minimum absolute atomic E-state index is 1.60. The average molecular weight is 131 g/mol. The van der Waals surface area contributed by atoms with E-state index in [4.69, 9.17) is 0 Å². The zero-order valence-corrected chi connectivity index (χ0v) is 5.81. The molecule has 0 aromatic carbocycles. The highest BCUT2D eigenvalue weighted by atomic mass is 32.1. The van der Waals surface area contributed by atoms with Gasteiger partial charge >= 0.3 is 0 Å². The molecule has 1 heterocycles. The van der Waals surface area contributed by atoms with E-state index in [-0.39, 0.29) is 0 Å². The molecule has 0 fully saturated rings. The first-order valence-electron chi connectivity index (χ1n) is 2.14. The molecule has 0 spiro atoms. The molecule has 2 nitrogen and oxygen atoms in total. The summed E-state index contributed by atoms with van der Waals surface area (Å²) in [6.07, 6.45) is 1.77. The normalized spacial score (nSPS) is 7.25. The zero-order valence-electron chi connectivity index (χ0n) is 5.00. The third kappa shape index (κ3) is 5.59. The Labute approximate surface area is 53.1 Å². The van der Waals surface area contributed by atoms with Crippen LogP contribution in [0.3, 0.4) is 0 Å². The number of hydrogen-bond donors (Lipinski definition) is 0. The fourth-order valence-electron chi connectivity index (χ4n) is 0.176. The monoisotopic (exact) mass is 131 g/mol. The molecule has 0 aliphatic heterocycles. The van der Waals surface area contributed by atoms with Gasteiger partial charge in [0.15, 0.2) is 0 Å². The molecular weight excluding hydrogens is 122 g/mol. The van der Waals surface area contributed by atoms with Crippen molar-refractivity contribution in [2.45, 2.75) is 0 Å². The topological polar surface area (TPSA) is 22.1 Å². The molecule has 0 aliphatic rings. The number of nitrogens with zero attached hydrogens (tertiary/aromatic N) is 1. The average Bonchev–Trinajstić information content (AvgIpc) is 2.17. The molecule has 0 radical (unpaired) electrons. The van der Waals surface area contributed by atoms with E-state index >= 15 is 0 Å². The molecule has 0 saturated heterocycles. The first-order valence-corrected chi connectivity index (χ1v) is 3.08. The van der Waals surface area contributed by atoms with Crippen molar-refractivity contribution >= 4 is 11.3 Å². The largest absolute Gasteiger partial charge is 0.388 e. The van der Waals surface area contributed by atoms with E-state index in [2.05, 4.69) is 9.72 Å². The first kappa shape index (κ1) is 7.59. The lowest BCUT2D eigenvalue weighted by Gasteiger charge is -1.61. The summed E-state index contributed by atoms with van der Waals surface area (Å²) in [6, 6.07) is 0. The van der Waals surface area contributed by atoms with Crippen LogP contribution in [0.1, 0.15) is 0 Å². The second-order valence-corrected chi connectivity index (χ2v) is 1.84. The summed E-state index contributed by atoms with van der Waals surface area (Å²) in [7, 11) is 3.25. The number of hydrogen-bond acceptors (Lipinski definition) is 3. The van der Waals surface area contributed by atoms with Crippen LogP contribution in [0, 0.1) is 0 Å². The summed E-state index contributed by atoms with van der Waals surface area (Å²) < 4.78 is 4.25. The van der Waals surface area contributed by atoms with E-state index in [1.807, 2.05) is 5.38 Å². The highest BCUT2D eigenvalue weighted by Gasteiger charge is 1.59. The van der Waals surface area contributed by atoms with Gasteiger partial charge in [-0.2, -0.15) is 0 Å². The second-order valence-electron chi connectivity index (χ2n) is 1.08. The number of rotatable bonds is 0. The van der Waals surface area contributed by atoms with Crippen molar-refractivity contribution in [3.05, 3.63) is 17.1 Å². The van der Waals surface area contributed by atoms with Crippen molar-refractivity contribution in [2.24, 2.45) is 0 Å². The third-order valence-electron chi connectivity index (χ3n) is 0.347. The molecule has 8 heavy (non-hydrogen) atoms. The Hall–Kier alpha value is -0.410. The molecule has 46 valence electrons. The summed E-state index contributed by atoms with van der Waals surface area (Å²) in [5, 5.41) is 1.93. The maximum atomic E-state index is 4.25. The van der Waals surface area contributed by atoms with Crippen molar-refractivity contribution in [1.82, 2.24) is 4.98 Å². The molecule has 1 aromatic heterocycles. The van der Waals surface area contributed by atoms with E-state index < -0.39 is 0 Å². The van der Waals surface area contributed by atoms with Gasteiger partial charge in [-0.15, -0.1) is 11.3 Å². The van der Waals surface area contributed by atoms with Crippen molar-refractivity contribution < 1.29 is 4.74 Å². The van der Waals surface area contributed by atoms with Crippen molar-refractivity contribution in [3.63, 3.8) is 0 Å². The summed E-state index contributed by atoms with van der Waals surface area (Å²) in [4.78, 5) is 3.74. The number of ether oxygens (including phenoxy) is 1. The molecule has 0 saturated carbocycles. The minimum atomic E-state index is 1.60. The van der Waals surface area contributed by atoms with Crippen molar-refractivity contribution in [1.29, 1.82) is 0 Å². The van der Waals surface area contributed by atoms with Gasteiger partial charge in [-0.3, -0.25) is 4.98 Å². The Morgan fingerprint density at radius 2 is 2.12 bits per heavy atom.